The van der Waals surface area contributed by atoms with Gasteiger partial charge in [-0.3, -0.25) is 4.98 Å². The molecule has 2 rings (SSSR count). The largest absolute Gasteiger partial charge is 0.464 e. The predicted molar refractivity (Wildman–Crippen MR) is 61.8 cm³/mol. The van der Waals surface area contributed by atoms with E-state index in [0.29, 0.717) is 0 Å². The summed E-state index contributed by atoms with van der Waals surface area (Å²) in [5.74, 6) is -0.549. The number of anilines is 1. The Balaban J connectivity index is 2.44. The molecule has 6 nitrogen and oxygen atoms in total. The fourth-order valence-corrected chi connectivity index (χ4v) is 1.45. The molecule has 0 unspecified atom stereocenters. The zero-order valence-corrected chi connectivity index (χ0v) is 9.54. The summed E-state index contributed by atoms with van der Waals surface area (Å²) in [6.07, 6.45) is 3.24. The highest BCUT2D eigenvalue weighted by atomic mass is 16.5. The van der Waals surface area contributed by atoms with Gasteiger partial charge in [0.15, 0.2) is 5.69 Å². The Morgan fingerprint density at radius 3 is 2.94 bits per heavy atom. The van der Waals surface area contributed by atoms with E-state index in [-0.39, 0.29) is 11.4 Å². The van der Waals surface area contributed by atoms with E-state index in [1.54, 1.807) is 18.5 Å². The van der Waals surface area contributed by atoms with Gasteiger partial charge < -0.3 is 10.5 Å². The number of methoxy groups -OCH3 is 1. The summed E-state index contributed by atoms with van der Waals surface area (Å²) in [6.45, 7) is 1.87. The van der Waals surface area contributed by atoms with Crippen LogP contribution in [-0.4, -0.2) is 27.8 Å². The van der Waals surface area contributed by atoms with Gasteiger partial charge in [0.1, 0.15) is 0 Å². The number of ether oxygens (including phenoxy) is 1. The van der Waals surface area contributed by atoms with Crippen molar-refractivity contribution in [3.8, 4) is 5.69 Å². The first-order valence-corrected chi connectivity index (χ1v) is 4.98. The first kappa shape index (κ1) is 11.1. The van der Waals surface area contributed by atoms with Gasteiger partial charge in [0.25, 0.3) is 0 Å². The molecule has 0 amide bonds. The van der Waals surface area contributed by atoms with Gasteiger partial charge in [0, 0.05) is 11.9 Å². The molecule has 2 N–H and O–H groups in total. The lowest BCUT2D eigenvalue weighted by Gasteiger charge is -2.00. The molecule has 2 aromatic heterocycles. The molecule has 0 fully saturated rings. The number of nitrogens with two attached hydrogens (primary N) is 1. The van der Waals surface area contributed by atoms with Gasteiger partial charge in [-0.05, 0) is 19.1 Å². The summed E-state index contributed by atoms with van der Waals surface area (Å²) >= 11 is 0. The van der Waals surface area contributed by atoms with Crippen LogP contribution in [0.4, 0.5) is 5.69 Å². The van der Waals surface area contributed by atoms with Crippen molar-refractivity contribution in [1.29, 1.82) is 0 Å². The molecule has 0 saturated carbocycles. The Morgan fingerprint density at radius 2 is 2.29 bits per heavy atom. The van der Waals surface area contributed by atoms with Crippen LogP contribution in [-0.2, 0) is 4.74 Å². The Morgan fingerprint density at radius 1 is 1.53 bits per heavy atom. The molecule has 0 spiro atoms. The minimum absolute atomic E-state index is 0.113. The van der Waals surface area contributed by atoms with E-state index in [1.807, 2.05) is 13.0 Å². The number of hydrogen-bond acceptors (Lipinski definition) is 5. The van der Waals surface area contributed by atoms with Crippen LogP contribution >= 0.6 is 0 Å². The van der Waals surface area contributed by atoms with Crippen molar-refractivity contribution in [3.05, 3.63) is 35.9 Å². The summed E-state index contributed by atoms with van der Waals surface area (Å²) in [6, 6.07) is 3.62. The van der Waals surface area contributed by atoms with E-state index in [2.05, 4.69) is 14.8 Å². The van der Waals surface area contributed by atoms with Crippen LogP contribution in [0.3, 0.4) is 0 Å². The maximum absolute atomic E-state index is 11.4. The molecular weight excluding hydrogens is 220 g/mol. The number of carbonyl (C=O) groups is 1. The first-order chi connectivity index (χ1) is 8.11. The Hall–Kier alpha value is -2.37. The van der Waals surface area contributed by atoms with Crippen LogP contribution in [0.15, 0.2) is 24.5 Å². The molecule has 0 aliphatic rings. The van der Waals surface area contributed by atoms with Gasteiger partial charge in [-0.1, -0.05) is 0 Å². The van der Waals surface area contributed by atoms with Crippen molar-refractivity contribution < 1.29 is 9.53 Å². The van der Waals surface area contributed by atoms with Crippen molar-refractivity contribution in [2.24, 2.45) is 0 Å². The van der Waals surface area contributed by atoms with Crippen LogP contribution < -0.4 is 5.73 Å². The van der Waals surface area contributed by atoms with E-state index >= 15 is 0 Å². The van der Waals surface area contributed by atoms with Crippen molar-refractivity contribution >= 4 is 11.7 Å². The lowest BCUT2D eigenvalue weighted by Crippen LogP contribution is -2.06. The summed E-state index contributed by atoms with van der Waals surface area (Å²) in [4.78, 5) is 15.4. The van der Waals surface area contributed by atoms with Gasteiger partial charge in [-0.15, -0.1) is 0 Å². The van der Waals surface area contributed by atoms with Crippen LogP contribution in [0.25, 0.3) is 5.69 Å². The van der Waals surface area contributed by atoms with Crippen molar-refractivity contribution in [2.45, 2.75) is 6.92 Å². The SMILES string of the molecule is COC(=O)c1nn(-c2ccnc(C)c2)cc1N. The average molecular weight is 232 g/mol. The number of carbonyl (C=O) groups excluding carboxylic acids is 1. The van der Waals surface area contributed by atoms with Gasteiger partial charge in [0.05, 0.1) is 24.7 Å². The number of nitrogen functional groups attached to an aromatic ring is 1. The average Bonchev–Trinajstić information content (AvgIpc) is 2.70. The lowest BCUT2D eigenvalue weighted by atomic mass is 10.3. The Labute approximate surface area is 98.0 Å². The number of nitrogens with zero attached hydrogens (tertiary/aromatic N) is 3. The minimum atomic E-state index is -0.549. The molecule has 2 aromatic rings. The molecule has 0 atom stereocenters. The number of aryl methyl sites for hydroxylation is 1. The standard InChI is InChI=1S/C11H12N4O2/c1-7-5-8(3-4-13-7)15-6-9(12)10(14-15)11(16)17-2/h3-6H,12H2,1-2H3. The van der Waals surface area contributed by atoms with E-state index in [4.69, 9.17) is 5.73 Å². The molecule has 2 heterocycles. The van der Waals surface area contributed by atoms with Gasteiger partial charge in [-0.2, -0.15) is 5.10 Å². The van der Waals surface area contributed by atoms with Crippen LogP contribution in [0.5, 0.6) is 0 Å². The van der Waals surface area contributed by atoms with Crippen LogP contribution in [0.1, 0.15) is 16.2 Å². The second kappa shape index (κ2) is 4.25. The molecule has 0 radical (unpaired) electrons. The smallest absolute Gasteiger partial charge is 0.360 e. The van der Waals surface area contributed by atoms with E-state index in [1.165, 1.54) is 11.8 Å². The Kier molecular flexibility index (Phi) is 2.78. The lowest BCUT2D eigenvalue weighted by molar-refractivity contribution is 0.0594. The van der Waals surface area contributed by atoms with Gasteiger partial charge >= 0.3 is 5.97 Å². The fourth-order valence-electron chi connectivity index (χ4n) is 1.45. The molecule has 17 heavy (non-hydrogen) atoms. The first-order valence-electron chi connectivity index (χ1n) is 4.98. The second-order valence-corrected chi connectivity index (χ2v) is 3.52. The van der Waals surface area contributed by atoms with Crippen molar-refractivity contribution in [3.63, 3.8) is 0 Å². The highest BCUT2D eigenvalue weighted by Gasteiger charge is 2.15. The van der Waals surface area contributed by atoms with Crippen LogP contribution in [0.2, 0.25) is 0 Å². The van der Waals surface area contributed by atoms with Crippen LogP contribution in [0, 0.1) is 6.92 Å². The molecule has 0 aliphatic heterocycles. The molecule has 0 aromatic carbocycles. The molecule has 6 heteroatoms. The van der Waals surface area contributed by atoms with Crippen molar-refractivity contribution in [2.75, 3.05) is 12.8 Å². The highest BCUT2D eigenvalue weighted by molar-refractivity contribution is 5.92. The van der Waals surface area contributed by atoms with Gasteiger partial charge in [0.2, 0.25) is 0 Å². The summed E-state index contributed by atoms with van der Waals surface area (Å²) < 4.78 is 6.11. The summed E-state index contributed by atoms with van der Waals surface area (Å²) in [5.41, 5.74) is 7.74. The maximum atomic E-state index is 11.4. The third kappa shape index (κ3) is 2.10. The molecule has 0 bridgehead atoms. The minimum Gasteiger partial charge on any atom is -0.464 e. The highest BCUT2D eigenvalue weighted by Crippen LogP contribution is 2.15. The molecular formula is C11H12N4O2. The normalized spacial score (nSPS) is 10.2. The number of rotatable bonds is 2. The summed E-state index contributed by atoms with van der Waals surface area (Å²) in [7, 11) is 1.29. The number of hydrogen-bond donors (Lipinski definition) is 1. The van der Waals surface area contributed by atoms with Gasteiger partial charge in [-0.25, -0.2) is 9.48 Å². The van der Waals surface area contributed by atoms with Crippen molar-refractivity contribution in [1.82, 2.24) is 14.8 Å². The van der Waals surface area contributed by atoms with E-state index in [0.717, 1.165) is 11.4 Å². The topological polar surface area (TPSA) is 83.0 Å². The number of pyridine rings is 1. The quantitative estimate of drug-likeness (QED) is 0.779. The maximum Gasteiger partial charge on any atom is 0.360 e. The zero-order chi connectivity index (χ0) is 12.4. The fraction of sp³-hybridized carbons (Fsp3) is 0.182. The summed E-state index contributed by atoms with van der Waals surface area (Å²) in [5, 5.41) is 4.08. The third-order valence-corrected chi connectivity index (χ3v) is 2.27. The zero-order valence-electron chi connectivity index (χ0n) is 9.54. The van der Waals surface area contributed by atoms with E-state index in [9.17, 15) is 4.79 Å². The molecule has 0 aliphatic carbocycles. The molecule has 0 saturated heterocycles. The molecule has 88 valence electrons. The van der Waals surface area contributed by atoms with E-state index < -0.39 is 5.97 Å². The predicted octanol–water partition coefficient (Wildman–Crippen LogP) is 0.945. The Bertz CT molecular complexity index is 562. The third-order valence-electron chi connectivity index (χ3n) is 2.27. The monoisotopic (exact) mass is 232 g/mol. The number of aromatic nitrogens is 3. The number of esters is 1. The second-order valence-electron chi connectivity index (χ2n) is 3.52.